The van der Waals surface area contributed by atoms with E-state index in [4.69, 9.17) is 0 Å². The third kappa shape index (κ3) is 1.75. The van der Waals surface area contributed by atoms with E-state index in [0.717, 1.165) is 17.7 Å². The fourth-order valence-electron chi connectivity index (χ4n) is 2.54. The Morgan fingerprint density at radius 3 is 2.76 bits per heavy atom. The lowest BCUT2D eigenvalue weighted by atomic mass is 9.95. The third-order valence-corrected chi connectivity index (χ3v) is 3.41. The Bertz CT molecular complexity index is 563. The number of aryl methyl sites for hydroxylation is 1. The first kappa shape index (κ1) is 10.5. The van der Waals surface area contributed by atoms with Crippen LogP contribution in [0.1, 0.15) is 28.3 Å². The van der Waals surface area contributed by atoms with E-state index < -0.39 is 0 Å². The molecular formula is C15H14FN. The van der Waals surface area contributed by atoms with Crippen molar-refractivity contribution in [1.29, 1.82) is 0 Å². The van der Waals surface area contributed by atoms with Crippen LogP contribution in [0.4, 0.5) is 4.39 Å². The predicted octanol–water partition coefficient (Wildman–Crippen LogP) is 3.33. The molecule has 3 rings (SSSR count). The van der Waals surface area contributed by atoms with Crippen molar-refractivity contribution < 1.29 is 4.39 Å². The van der Waals surface area contributed by atoms with Crippen LogP contribution in [-0.2, 0) is 6.54 Å². The molecule has 0 aromatic heterocycles. The highest BCUT2D eigenvalue weighted by molar-refractivity contribution is 5.43. The standard InChI is InChI=1S/C15H14FN/c1-10-8-12(16)6-7-13(10)15-14-5-3-2-4-11(14)9-17-15/h2-8,15,17H,9H2,1H3. The van der Waals surface area contributed by atoms with Crippen LogP contribution in [0, 0.1) is 12.7 Å². The van der Waals surface area contributed by atoms with Gasteiger partial charge in [-0.2, -0.15) is 0 Å². The second-order valence-electron chi connectivity index (χ2n) is 4.51. The van der Waals surface area contributed by atoms with Crippen LogP contribution >= 0.6 is 0 Å². The van der Waals surface area contributed by atoms with Crippen molar-refractivity contribution in [2.75, 3.05) is 0 Å². The Kier molecular flexibility index (Phi) is 2.45. The Morgan fingerprint density at radius 1 is 1.12 bits per heavy atom. The molecule has 17 heavy (non-hydrogen) atoms. The van der Waals surface area contributed by atoms with Gasteiger partial charge in [-0.25, -0.2) is 4.39 Å². The molecular weight excluding hydrogens is 213 g/mol. The number of hydrogen-bond acceptors (Lipinski definition) is 1. The van der Waals surface area contributed by atoms with E-state index in [9.17, 15) is 4.39 Å². The van der Waals surface area contributed by atoms with Gasteiger partial charge in [0.2, 0.25) is 0 Å². The molecule has 0 saturated carbocycles. The fraction of sp³-hybridized carbons (Fsp3) is 0.200. The monoisotopic (exact) mass is 227 g/mol. The largest absolute Gasteiger partial charge is 0.302 e. The topological polar surface area (TPSA) is 12.0 Å². The van der Waals surface area contributed by atoms with Gasteiger partial charge in [0.25, 0.3) is 0 Å². The molecule has 0 radical (unpaired) electrons. The number of fused-ring (bicyclic) bond motifs is 1. The molecule has 0 bridgehead atoms. The third-order valence-electron chi connectivity index (χ3n) is 3.41. The summed E-state index contributed by atoms with van der Waals surface area (Å²) in [5.41, 5.74) is 4.80. The average molecular weight is 227 g/mol. The maximum atomic E-state index is 13.1. The average Bonchev–Trinajstić information content (AvgIpc) is 2.73. The molecule has 86 valence electrons. The van der Waals surface area contributed by atoms with E-state index in [2.05, 4.69) is 29.6 Å². The first-order chi connectivity index (χ1) is 8.25. The number of hydrogen-bond donors (Lipinski definition) is 1. The van der Waals surface area contributed by atoms with E-state index in [-0.39, 0.29) is 11.9 Å². The molecule has 1 N–H and O–H groups in total. The molecule has 0 saturated heterocycles. The highest BCUT2D eigenvalue weighted by atomic mass is 19.1. The summed E-state index contributed by atoms with van der Waals surface area (Å²) in [5, 5.41) is 3.48. The van der Waals surface area contributed by atoms with E-state index in [1.807, 2.05) is 13.0 Å². The zero-order valence-corrected chi connectivity index (χ0v) is 9.70. The SMILES string of the molecule is Cc1cc(F)ccc1C1NCc2ccccc21. The summed E-state index contributed by atoms with van der Waals surface area (Å²) in [4.78, 5) is 0. The van der Waals surface area contributed by atoms with Gasteiger partial charge >= 0.3 is 0 Å². The van der Waals surface area contributed by atoms with Crippen LogP contribution in [-0.4, -0.2) is 0 Å². The van der Waals surface area contributed by atoms with Gasteiger partial charge in [-0.05, 0) is 41.3 Å². The number of halogens is 1. The van der Waals surface area contributed by atoms with Crippen molar-refractivity contribution in [3.8, 4) is 0 Å². The van der Waals surface area contributed by atoms with Crippen molar-refractivity contribution in [3.63, 3.8) is 0 Å². The lowest BCUT2D eigenvalue weighted by Gasteiger charge is -2.15. The minimum absolute atomic E-state index is 0.169. The van der Waals surface area contributed by atoms with Crippen molar-refractivity contribution in [1.82, 2.24) is 5.32 Å². The van der Waals surface area contributed by atoms with Crippen molar-refractivity contribution >= 4 is 0 Å². The maximum absolute atomic E-state index is 13.1. The smallest absolute Gasteiger partial charge is 0.123 e. The summed E-state index contributed by atoms with van der Waals surface area (Å²) in [5.74, 6) is -0.169. The van der Waals surface area contributed by atoms with E-state index >= 15 is 0 Å². The summed E-state index contributed by atoms with van der Waals surface area (Å²) in [6.45, 7) is 2.85. The van der Waals surface area contributed by atoms with Crippen LogP contribution in [0.2, 0.25) is 0 Å². The quantitative estimate of drug-likeness (QED) is 0.788. The maximum Gasteiger partial charge on any atom is 0.123 e. The molecule has 0 fully saturated rings. The van der Waals surface area contributed by atoms with Crippen LogP contribution in [0.15, 0.2) is 42.5 Å². The Hall–Kier alpha value is -1.67. The number of rotatable bonds is 1. The van der Waals surface area contributed by atoms with Crippen LogP contribution in [0.3, 0.4) is 0 Å². The van der Waals surface area contributed by atoms with Gasteiger partial charge < -0.3 is 5.32 Å². The fourth-order valence-corrected chi connectivity index (χ4v) is 2.54. The van der Waals surface area contributed by atoms with E-state index in [0.29, 0.717) is 0 Å². The molecule has 1 aliphatic rings. The van der Waals surface area contributed by atoms with E-state index in [1.165, 1.54) is 17.2 Å². The normalized spacial score (nSPS) is 18.1. The molecule has 2 aromatic carbocycles. The Morgan fingerprint density at radius 2 is 1.94 bits per heavy atom. The molecule has 1 heterocycles. The minimum atomic E-state index is -0.169. The van der Waals surface area contributed by atoms with Crippen LogP contribution in [0.25, 0.3) is 0 Å². The second-order valence-corrected chi connectivity index (χ2v) is 4.51. The van der Waals surface area contributed by atoms with Crippen molar-refractivity contribution in [2.45, 2.75) is 19.5 Å². The van der Waals surface area contributed by atoms with Gasteiger partial charge in [0, 0.05) is 6.54 Å². The summed E-state index contributed by atoms with van der Waals surface area (Å²) in [6, 6.07) is 13.6. The molecule has 0 spiro atoms. The molecule has 0 amide bonds. The van der Waals surface area contributed by atoms with Gasteiger partial charge in [0.1, 0.15) is 5.82 Å². The van der Waals surface area contributed by atoms with Gasteiger partial charge in [0.05, 0.1) is 6.04 Å². The highest BCUT2D eigenvalue weighted by Gasteiger charge is 2.23. The first-order valence-corrected chi connectivity index (χ1v) is 5.83. The molecule has 1 atom stereocenters. The Labute approximate surface area is 100 Å². The van der Waals surface area contributed by atoms with Gasteiger partial charge in [-0.1, -0.05) is 30.3 Å². The molecule has 1 nitrogen and oxygen atoms in total. The van der Waals surface area contributed by atoms with E-state index in [1.54, 1.807) is 6.07 Å². The first-order valence-electron chi connectivity index (χ1n) is 5.83. The summed E-state index contributed by atoms with van der Waals surface area (Å²) < 4.78 is 13.1. The summed E-state index contributed by atoms with van der Waals surface area (Å²) in [6.07, 6.45) is 0. The zero-order chi connectivity index (χ0) is 11.8. The zero-order valence-electron chi connectivity index (χ0n) is 9.70. The van der Waals surface area contributed by atoms with Gasteiger partial charge in [-0.3, -0.25) is 0 Å². The van der Waals surface area contributed by atoms with Crippen LogP contribution < -0.4 is 5.32 Å². The van der Waals surface area contributed by atoms with Crippen molar-refractivity contribution in [2.24, 2.45) is 0 Å². The van der Waals surface area contributed by atoms with Crippen molar-refractivity contribution in [3.05, 3.63) is 70.5 Å². The molecule has 2 heteroatoms. The lowest BCUT2D eigenvalue weighted by molar-refractivity contribution is 0.619. The number of nitrogens with one attached hydrogen (secondary N) is 1. The molecule has 0 aliphatic carbocycles. The highest BCUT2D eigenvalue weighted by Crippen LogP contribution is 2.32. The minimum Gasteiger partial charge on any atom is -0.302 e. The van der Waals surface area contributed by atoms with Gasteiger partial charge in [-0.15, -0.1) is 0 Å². The Balaban J connectivity index is 2.07. The molecule has 1 unspecified atom stereocenters. The lowest BCUT2D eigenvalue weighted by Crippen LogP contribution is -2.14. The van der Waals surface area contributed by atoms with Gasteiger partial charge in [0.15, 0.2) is 0 Å². The van der Waals surface area contributed by atoms with Crippen LogP contribution in [0.5, 0.6) is 0 Å². The predicted molar refractivity (Wildman–Crippen MR) is 66.3 cm³/mol. The number of benzene rings is 2. The second kappa shape index (κ2) is 3.97. The molecule has 2 aromatic rings. The molecule has 1 aliphatic heterocycles. The summed E-state index contributed by atoms with van der Waals surface area (Å²) >= 11 is 0. The summed E-state index contributed by atoms with van der Waals surface area (Å²) in [7, 11) is 0.